The molecule has 22 heteroatoms. The number of phenolic OH excluding ortho intramolecular Hbond substituents is 2. The van der Waals surface area contributed by atoms with Crippen LogP contribution in [0.4, 0.5) is 24.5 Å². The first-order valence-electron chi connectivity index (χ1n) is 21.8. The summed E-state index contributed by atoms with van der Waals surface area (Å²) in [6.07, 6.45) is 0.997. The maximum absolute atomic E-state index is 15.7. The van der Waals surface area contributed by atoms with Crippen molar-refractivity contribution in [2.24, 2.45) is 18.9 Å². The van der Waals surface area contributed by atoms with Crippen molar-refractivity contribution in [1.29, 1.82) is 0 Å². The van der Waals surface area contributed by atoms with Crippen LogP contribution in [0.2, 0.25) is 0 Å². The molecule has 0 saturated carbocycles. The van der Waals surface area contributed by atoms with Crippen LogP contribution in [-0.2, 0) is 34.5 Å². The van der Waals surface area contributed by atoms with E-state index in [1.807, 2.05) is 41.3 Å². The third-order valence-corrected chi connectivity index (χ3v) is 13.1. The standard InChI is InChI=1S/C46H47F3IN9O9/c1-23(2)30-16-31(36(62)17-35(30)61)40-53-54-46(67)59(40)28-6-4-25(32(47)15-28)18-56-11-8-24(9-12-56)42(63)57-13-10-26(19-57)45(66)68-21-29(60)20-58-22-51-41-37(43(58)64)39(38(49)44(65)55(41)3)52-34-7-5-27(50)14-33(34)48/h4-7,14-17,22-24,26,29,52,60-62H,8-13,18-21H2,1-3H3,(H,54,67)/t26?,29-/m1/s1. The summed E-state index contributed by atoms with van der Waals surface area (Å²) in [6.45, 7) is 4.48. The lowest BCUT2D eigenvalue weighted by Gasteiger charge is -2.33. The number of hydrogen-bond donors (Lipinski definition) is 5. The van der Waals surface area contributed by atoms with E-state index in [1.54, 1.807) is 29.2 Å². The molecule has 2 fully saturated rings. The number of piperidine rings is 1. The fourth-order valence-electron chi connectivity index (χ4n) is 8.71. The number of esters is 1. The highest BCUT2D eigenvalue weighted by Gasteiger charge is 2.36. The number of halogens is 4. The number of aromatic amines is 1. The third-order valence-electron chi connectivity index (χ3n) is 12.5. The Kier molecular flexibility index (Phi) is 13.8. The van der Waals surface area contributed by atoms with Crippen molar-refractivity contribution in [3.8, 4) is 28.6 Å². The highest BCUT2D eigenvalue weighted by Crippen LogP contribution is 2.38. The maximum atomic E-state index is 15.7. The molecule has 5 heterocycles. The minimum atomic E-state index is -1.41. The molecule has 5 N–H and O–H groups in total. The molecule has 1 unspecified atom stereocenters. The minimum absolute atomic E-state index is 0.0409. The van der Waals surface area contributed by atoms with Gasteiger partial charge in [0.1, 0.15) is 47.6 Å². The molecule has 1 amide bonds. The molecule has 3 aromatic heterocycles. The van der Waals surface area contributed by atoms with Gasteiger partial charge in [-0.15, -0.1) is 0 Å². The van der Waals surface area contributed by atoms with E-state index in [0.717, 1.165) is 20.0 Å². The molecule has 6 aromatic rings. The number of pyridine rings is 1. The number of aromatic nitrogens is 6. The summed E-state index contributed by atoms with van der Waals surface area (Å²) in [7, 11) is 1.23. The zero-order valence-electron chi connectivity index (χ0n) is 37.0. The van der Waals surface area contributed by atoms with Crippen molar-refractivity contribution >= 4 is 56.9 Å². The number of aryl methyl sites for hydroxylation is 1. The number of benzene rings is 3. The number of carbonyl (C=O) groups is 2. The van der Waals surface area contributed by atoms with Crippen molar-refractivity contribution in [3.63, 3.8) is 0 Å². The number of H-pyrrole nitrogens is 1. The Bertz CT molecular complexity index is 3130. The van der Waals surface area contributed by atoms with Crippen LogP contribution >= 0.6 is 22.6 Å². The number of aromatic hydroxyl groups is 2. The molecular formula is C46H47F3IN9O9. The average Bonchev–Trinajstić information content (AvgIpc) is 3.96. The Morgan fingerprint density at radius 2 is 1.68 bits per heavy atom. The van der Waals surface area contributed by atoms with E-state index in [2.05, 4.69) is 20.5 Å². The van der Waals surface area contributed by atoms with Gasteiger partial charge < -0.3 is 30.3 Å². The quantitative estimate of drug-likeness (QED) is 0.0788. The molecule has 18 nitrogen and oxygen atoms in total. The van der Waals surface area contributed by atoms with E-state index >= 15 is 8.78 Å². The van der Waals surface area contributed by atoms with Crippen LogP contribution in [0.5, 0.6) is 11.5 Å². The highest BCUT2D eigenvalue weighted by atomic mass is 127. The van der Waals surface area contributed by atoms with Crippen LogP contribution in [0.1, 0.15) is 50.2 Å². The largest absolute Gasteiger partial charge is 0.508 e. The molecule has 2 aliphatic rings. The van der Waals surface area contributed by atoms with Crippen LogP contribution in [0.25, 0.3) is 28.1 Å². The number of nitrogens with one attached hydrogen (secondary N) is 2. The lowest BCUT2D eigenvalue weighted by atomic mass is 9.95. The van der Waals surface area contributed by atoms with Gasteiger partial charge in [0.05, 0.1) is 35.1 Å². The Morgan fingerprint density at radius 3 is 2.38 bits per heavy atom. The van der Waals surface area contributed by atoms with Crippen molar-refractivity contribution < 1.29 is 42.8 Å². The second-order valence-corrected chi connectivity index (χ2v) is 18.6. The van der Waals surface area contributed by atoms with E-state index < -0.39 is 71.1 Å². The number of ether oxygens (including phenoxy) is 1. The topological polar surface area (TPSA) is 230 Å². The van der Waals surface area contributed by atoms with E-state index in [4.69, 9.17) is 4.74 Å². The molecule has 68 heavy (non-hydrogen) atoms. The summed E-state index contributed by atoms with van der Waals surface area (Å²) >= 11 is 1.89. The number of nitrogens with zero attached hydrogens (tertiary/aromatic N) is 7. The lowest BCUT2D eigenvalue weighted by Crippen LogP contribution is -2.42. The van der Waals surface area contributed by atoms with Gasteiger partial charge in [-0.05, 0) is 103 Å². The smallest absolute Gasteiger partial charge is 0.348 e. The van der Waals surface area contributed by atoms with Gasteiger partial charge in [-0.2, -0.15) is 9.49 Å². The highest BCUT2D eigenvalue weighted by molar-refractivity contribution is 14.1. The molecule has 2 atom stereocenters. The molecule has 0 spiro atoms. The Balaban J connectivity index is 0.834. The van der Waals surface area contributed by atoms with E-state index in [0.29, 0.717) is 53.6 Å². The van der Waals surface area contributed by atoms with Gasteiger partial charge in [0.25, 0.3) is 11.1 Å². The summed E-state index contributed by atoms with van der Waals surface area (Å²) in [6, 6.07) is 11.1. The first-order chi connectivity index (χ1) is 32.4. The van der Waals surface area contributed by atoms with E-state index in [-0.39, 0.29) is 76.1 Å². The number of phenols is 2. The van der Waals surface area contributed by atoms with Crippen LogP contribution in [0, 0.1) is 32.9 Å². The number of carbonyl (C=O) groups excluding carboxylic acids is 2. The van der Waals surface area contributed by atoms with E-state index in [1.165, 1.54) is 31.3 Å². The molecule has 0 bridgehead atoms. The summed E-state index contributed by atoms with van der Waals surface area (Å²) in [5.41, 5.74) is -2.30. The summed E-state index contributed by atoms with van der Waals surface area (Å²) < 4.78 is 54.7. The summed E-state index contributed by atoms with van der Waals surface area (Å²) in [5.74, 6) is -4.83. The van der Waals surface area contributed by atoms with E-state index in [9.17, 15) is 43.7 Å². The first kappa shape index (κ1) is 47.9. The Hall–Kier alpha value is -6.53. The Morgan fingerprint density at radius 1 is 0.941 bits per heavy atom. The number of aliphatic hydroxyl groups is 1. The maximum Gasteiger partial charge on any atom is 0.348 e. The molecule has 0 aliphatic carbocycles. The van der Waals surface area contributed by atoms with Gasteiger partial charge in [-0.3, -0.25) is 33.2 Å². The lowest BCUT2D eigenvalue weighted by molar-refractivity contribution is -0.151. The number of likely N-dealkylation sites (tertiary alicyclic amines) is 2. The monoisotopic (exact) mass is 1050 g/mol. The predicted octanol–water partition coefficient (Wildman–Crippen LogP) is 4.60. The number of aliphatic hydroxyl groups excluding tert-OH is 1. The van der Waals surface area contributed by atoms with Crippen LogP contribution in [0.15, 0.2) is 69.2 Å². The summed E-state index contributed by atoms with van der Waals surface area (Å²) in [4.78, 5) is 73.7. The number of fused-ring (bicyclic) bond motifs is 1. The zero-order valence-corrected chi connectivity index (χ0v) is 39.2. The van der Waals surface area contributed by atoms with Gasteiger partial charge in [0.2, 0.25) is 11.7 Å². The van der Waals surface area contributed by atoms with Crippen molar-refractivity contribution in [3.05, 3.63) is 118 Å². The first-order valence-corrected chi connectivity index (χ1v) is 22.9. The molecule has 2 saturated heterocycles. The fraction of sp³-hybridized carbons (Fsp3) is 0.370. The predicted molar refractivity (Wildman–Crippen MR) is 250 cm³/mol. The summed E-state index contributed by atoms with van der Waals surface area (Å²) in [5, 5.41) is 40.3. The van der Waals surface area contributed by atoms with Gasteiger partial charge in [0, 0.05) is 47.8 Å². The Labute approximate surface area is 398 Å². The number of hydrogen-bond acceptors (Lipinski definition) is 13. The minimum Gasteiger partial charge on any atom is -0.508 e. The molecule has 358 valence electrons. The van der Waals surface area contributed by atoms with Gasteiger partial charge in [0.15, 0.2) is 11.5 Å². The number of rotatable bonds is 13. The molecule has 8 rings (SSSR count). The fourth-order valence-corrected chi connectivity index (χ4v) is 9.16. The zero-order chi connectivity index (χ0) is 48.7. The average molecular weight is 1050 g/mol. The van der Waals surface area contributed by atoms with Crippen molar-refractivity contribution in [2.45, 2.75) is 58.2 Å². The van der Waals surface area contributed by atoms with Gasteiger partial charge in [-0.25, -0.2) is 28.2 Å². The van der Waals surface area contributed by atoms with Gasteiger partial charge in [-0.1, -0.05) is 19.9 Å². The second-order valence-electron chi connectivity index (χ2n) is 17.4. The molecule has 0 radical (unpaired) electrons. The van der Waals surface area contributed by atoms with Gasteiger partial charge >= 0.3 is 11.7 Å². The number of anilines is 2. The van der Waals surface area contributed by atoms with Crippen LogP contribution in [0.3, 0.4) is 0 Å². The third kappa shape index (κ3) is 9.61. The van der Waals surface area contributed by atoms with Crippen LogP contribution < -0.4 is 22.1 Å². The SMILES string of the molecule is CC(C)c1cc(-c2n[nH]c(=O)n2-c2ccc(CN3CCC(C(=O)N4CCC(C(=O)OC[C@H](O)Cn5cnc6c(c(Nc7ccc(I)cc7F)c(F)c(=O)n6C)c5=O)C4)CC3)c(F)c2)c(O)cc1O. The molecule has 3 aromatic carbocycles. The van der Waals surface area contributed by atoms with Crippen molar-refractivity contribution in [1.82, 2.24) is 38.7 Å². The van der Waals surface area contributed by atoms with Crippen LogP contribution in [-0.4, -0.2) is 105 Å². The van der Waals surface area contributed by atoms with Crippen molar-refractivity contribution in [2.75, 3.05) is 38.1 Å². The normalized spacial score (nSPS) is 16.2. The molecule has 2 aliphatic heterocycles. The number of amides is 1. The molecular weight excluding hydrogens is 1010 g/mol. The second kappa shape index (κ2) is 19.6.